The Morgan fingerprint density at radius 2 is 1.85 bits per heavy atom. The normalized spacial score (nSPS) is 16.0. The number of aromatic nitrogens is 3. The molecule has 0 aliphatic carbocycles. The van der Waals surface area contributed by atoms with E-state index in [1.54, 1.807) is 6.20 Å². The van der Waals surface area contributed by atoms with E-state index in [-0.39, 0.29) is 61.9 Å². The summed E-state index contributed by atoms with van der Waals surface area (Å²) in [5.74, 6) is -2.85. The van der Waals surface area contributed by atoms with Crippen LogP contribution in [0.4, 0.5) is 17.6 Å². The smallest absolute Gasteiger partial charge is 0.183 e. The van der Waals surface area contributed by atoms with Crippen LogP contribution in [0.5, 0.6) is 5.75 Å². The Labute approximate surface area is 247 Å². The molecule has 1 unspecified atom stereocenters. The summed E-state index contributed by atoms with van der Waals surface area (Å²) in [5, 5.41) is 9.40. The standard InChI is InChI=1S/C30H25F4N3O2.H2O.W/c1-30(9-12-39-28-17(8-11-38)3-2-4-21(28)30)23-15-36-29(37-23)19-13-16(5-6-22(19)31)14-20-24(32)18-7-10-35-27(18)26(34)25(20)33;;/h2-7,10,13,15,35,38H,8-9,11-12,14H2,1H3,(H,36,37);1H2;. The molecule has 0 saturated carbocycles. The average molecular weight is 737 g/mol. The first-order valence-electron chi connectivity index (χ1n) is 12.6. The number of imidazole rings is 1. The van der Waals surface area contributed by atoms with Crippen molar-refractivity contribution in [3.63, 3.8) is 0 Å². The van der Waals surface area contributed by atoms with Crippen LogP contribution in [0.15, 0.2) is 54.9 Å². The predicted molar refractivity (Wildman–Crippen MR) is 142 cm³/mol. The van der Waals surface area contributed by atoms with Gasteiger partial charge in [0.25, 0.3) is 0 Å². The van der Waals surface area contributed by atoms with Crippen LogP contribution in [-0.4, -0.2) is 38.7 Å². The van der Waals surface area contributed by atoms with E-state index in [1.165, 1.54) is 30.5 Å². The van der Waals surface area contributed by atoms with Crippen molar-refractivity contribution in [1.29, 1.82) is 0 Å². The Hall–Kier alpha value is -3.46. The zero-order valence-corrected chi connectivity index (χ0v) is 24.9. The molecule has 0 fully saturated rings. The van der Waals surface area contributed by atoms with Crippen molar-refractivity contribution in [2.45, 2.75) is 31.6 Å². The number of para-hydroxylation sites is 1. The van der Waals surface area contributed by atoms with Gasteiger partial charge in [-0.3, -0.25) is 0 Å². The van der Waals surface area contributed by atoms with Crippen LogP contribution in [0.2, 0.25) is 0 Å². The molecule has 0 amide bonds. The third-order valence-corrected chi connectivity index (χ3v) is 7.68. The average Bonchev–Trinajstić information content (AvgIpc) is 3.63. The Balaban J connectivity index is 0.00000194. The fraction of sp³-hybridized carbons (Fsp3) is 0.233. The molecule has 1 atom stereocenters. The van der Waals surface area contributed by atoms with Crippen molar-refractivity contribution in [2.75, 3.05) is 13.2 Å². The molecule has 1 aliphatic heterocycles. The topological polar surface area (TPSA) is 105 Å². The summed E-state index contributed by atoms with van der Waals surface area (Å²) >= 11 is 0. The Morgan fingerprint density at radius 3 is 2.63 bits per heavy atom. The van der Waals surface area contributed by atoms with Gasteiger partial charge in [0.1, 0.15) is 23.2 Å². The van der Waals surface area contributed by atoms with Crippen LogP contribution in [0.1, 0.15) is 41.3 Å². The van der Waals surface area contributed by atoms with Gasteiger partial charge in [0.15, 0.2) is 11.6 Å². The minimum Gasteiger partial charge on any atom is -0.493 e. The predicted octanol–water partition coefficient (Wildman–Crippen LogP) is 5.50. The van der Waals surface area contributed by atoms with Crippen molar-refractivity contribution >= 4 is 10.9 Å². The largest absolute Gasteiger partial charge is 0.493 e. The molecular weight excluding hydrogens is 710 g/mol. The van der Waals surface area contributed by atoms with E-state index in [0.717, 1.165) is 22.6 Å². The molecule has 0 radical (unpaired) electrons. The van der Waals surface area contributed by atoms with Crippen LogP contribution in [0.3, 0.4) is 0 Å². The second-order valence-electron chi connectivity index (χ2n) is 10.0. The number of hydrogen-bond acceptors (Lipinski definition) is 3. The van der Waals surface area contributed by atoms with E-state index in [2.05, 4.69) is 21.9 Å². The molecule has 2 aromatic heterocycles. The summed E-state index contributed by atoms with van der Waals surface area (Å²) in [6, 6.07) is 11.3. The first-order chi connectivity index (χ1) is 18.8. The molecule has 0 bridgehead atoms. The molecule has 3 heterocycles. The molecule has 6 rings (SSSR count). The van der Waals surface area contributed by atoms with Crippen molar-refractivity contribution in [2.24, 2.45) is 0 Å². The molecule has 0 saturated heterocycles. The van der Waals surface area contributed by atoms with E-state index >= 15 is 4.39 Å². The number of aromatic amines is 2. The first kappa shape index (κ1) is 30.5. The van der Waals surface area contributed by atoms with Crippen LogP contribution >= 0.6 is 0 Å². The van der Waals surface area contributed by atoms with Gasteiger partial charge in [-0.25, -0.2) is 22.5 Å². The number of benzene rings is 3. The number of fused-ring (bicyclic) bond motifs is 2. The second-order valence-corrected chi connectivity index (χ2v) is 10.0. The minimum absolute atomic E-state index is 0. The third-order valence-electron chi connectivity index (χ3n) is 7.68. The van der Waals surface area contributed by atoms with Crippen molar-refractivity contribution in [3.05, 3.63) is 106 Å². The Morgan fingerprint density at radius 1 is 1.05 bits per heavy atom. The summed E-state index contributed by atoms with van der Waals surface area (Å²) in [4.78, 5) is 10.2. The van der Waals surface area contributed by atoms with Gasteiger partial charge in [-0.15, -0.1) is 0 Å². The molecule has 5 N–H and O–H groups in total. The van der Waals surface area contributed by atoms with Gasteiger partial charge >= 0.3 is 0 Å². The molecule has 1 aliphatic rings. The Bertz CT molecular complexity index is 1720. The van der Waals surface area contributed by atoms with Gasteiger partial charge in [0, 0.05) is 74.1 Å². The number of nitrogens with zero attached hydrogens (tertiary/aromatic N) is 1. The number of H-pyrrole nitrogens is 2. The fourth-order valence-electron chi connectivity index (χ4n) is 5.48. The fourth-order valence-corrected chi connectivity index (χ4v) is 5.48. The summed E-state index contributed by atoms with van der Waals surface area (Å²) in [6.45, 7) is 2.52. The number of aliphatic hydroxyl groups excluding tert-OH is 1. The maximum atomic E-state index is 15.0. The third kappa shape index (κ3) is 5.09. The summed E-state index contributed by atoms with van der Waals surface area (Å²) < 4.78 is 65.2. The van der Waals surface area contributed by atoms with Crippen LogP contribution in [0.25, 0.3) is 22.3 Å². The summed E-state index contributed by atoms with van der Waals surface area (Å²) in [6.07, 6.45) is 3.85. The molecule has 41 heavy (non-hydrogen) atoms. The van der Waals surface area contributed by atoms with Gasteiger partial charge in [-0.05, 0) is 49.1 Å². The molecule has 3 aromatic carbocycles. The van der Waals surface area contributed by atoms with Gasteiger partial charge in [0.2, 0.25) is 0 Å². The number of rotatable bonds is 6. The number of halogens is 4. The quantitative estimate of drug-likeness (QED) is 0.159. The number of nitrogens with one attached hydrogen (secondary N) is 2. The van der Waals surface area contributed by atoms with Gasteiger partial charge in [-0.1, -0.05) is 24.3 Å². The zero-order chi connectivity index (χ0) is 27.3. The molecule has 6 nitrogen and oxygen atoms in total. The van der Waals surface area contributed by atoms with Crippen LogP contribution in [0, 0.1) is 23.3 Å². The molecule has 5 aromatic rings. The zero-order valence-electron chi connectivity index (χ0n) is 22.0. The molecule has 0 spiro atoms. The van der Waals surface area contributed by atoms with Crippen molar-refractivity contribution < 1.29 is 53.9 Å². The summed E-state index contributed by atoms with van der Waals surface area (Å²) in [7, 11) is 0. The van der Waals surface area contributed by atoms with E-state index < -0.39 is 34.2 Å². The van der Waals surface area contributed by atoms with Crippen molar-refractivity contribution in [3.8, 4) is 17.1 Å². The van der Waals surface area contributed by atoms with Gasteiger partial charge in [-0.2, -0.15) is 0 Å². The number of hydrogen-bond donors (Lipinski definition) is 3. The summed E-state index contributed by atoms with van der Waals surface area (Å²) in [5.41, 5.74) is 1.97. The molecular formula is C30H27F4N3O3W. The molecule has 11 heteroatoms. The van der Waals surface area contributed by atoms with E-state index in [9.17, 15) is 18.3 Å². The van der Waals surface area contributed by atoms with E-state index in [4.69, 9.17) is 4.74 Å². The number of aliphatic hydroxyl groups is 1. The molecule has 214 valence electrons. The van der Waals surface area contributed by atoms with Crippen molar-refractivity contribution in [1.82, 2.24) is 15.0 Å². The number of ether oxygens (including phenoxy) is 1. The van der Waals surface area contributed by atoms with E-state index in [0.29, 0.717) is 25.0 Å². The second kappa shape index (κ2) is 11.8. The van der Waals surface area contributed by atoms with Gasteiger partial charge < -0.3 is 25.3 Å². The Kier molecular flexibility index (Phi) is 8.78. The maximum Gasteiger partial charge on any atom is 0.183 e. The van der Waals surface area contributed by atoms with Gasteiger partial charge in [0.05, 0.1) is 17.7 Å². The first-order valence-corrected chi connectivity index (χ1v) is 12.6. The van der Waals surface area contributed by atoms with Crippen LogP contribution in [-0.2, 0) is 39.3 Å². The SMILES string of the molecule is CC1(c2cnc(-c3cc(Cc4c(F)c(F)c5[nH]ccc5c4F)ccc3F)[nH]2)CCOc2c(CCO)cccc21.O.[W]. The van der Waals surface area contributed by atoms with E-state index in [1.807, 2.05) is 18.2 Å². The minimum atomic E-state index is -1.28. The van der Waals surface area contributed by atoms with Crippen LogP contribution < -0.4 is 4.74 Å². The monoisotopic (exact) mass is 737 g/mol. The maximum absolute atomic E-state index is 15.0.